The summed E-state index contributed by atoms with van der Waals surface area (Å²) >= 11 is 0. The van der Waals surface area contributed by atoms with E-state index in [1.54, 1.807) is 0 Å². The summed E-state index contributed by atoms with van der Waals surface area (Å²) in [6, 6.07) is -1.55. The summed E-state index contributed by atoms with van der Waals surface area (Å²) in [6.07, 6.45) is 52.3. The molecule has 0 aliphatic carbocycles. The minimum atomic E-state index is -4.77. The molecule has 0 fully saturated rings. The molecule has 61 heavy (non-hydrogen) atoms. The Morgan fingerprint density at radius 2 is 1.00 bits per heavy atom. The Labute approximate surface area is 365 Å². The quantitative estimate of drug-likeness (QED) is 0.0199. The van der Waals surface area contributed by atoms with Crippen LogP contribution in [0.4, 0.5) is 0 Å². The first kappa shape index (κ1) is 56.8. The van der Waals surface area contributed by atoms with Gasteiger partial charge in [0.05, 0.1) is 19.3 Å². The molecule has 5 N–H and O–H groups in total. The van der Waals surface area contributed by atoms with Crippen molar-refractivity contribution in [2.45, 2.75) is 141 Å². The van der Waals surface area contributed by atoms with Crippen LogP contribution in [0.5, 0.6) is 0 Å². The Kier molecular flexibility index (Phi) is 38.4. The summed E-state index contributed by atoms with van der Waals surface area (Å²) in [5, 5.41) is 18.4. The highest BCUT2D eigenvalue weighted by Gasteiger charge is 2.28. The zero-order valence-corrected chi connectivity index (χ0v) is 37.4. The second-order valence-electron chi connectivity index (χ2n) is 13.9. The van der Waals surface area contributed by atoms with Gasteiger partial charge in [-0.15, -0.1) is 0 Å². The molecular weight excluding hydrogens is 797 g/mol. The molecule has 0 aliphatic heterocycles. The van der Waals surface area contributed by atoms with E-state index in [-0.39, 0.29) is 18.9 Å². The second-order valence-corrected chi connectivity index (χ2v) is 15.3. The lowest BCUT2D eigenvalue weighted by molar-refractivity contribution is -0.161. The van der Waals surface area contributed by atoms with Crippen LogP contribution in [0.15, 0.2) is 122 Å². The van der Waals surface area contributed by atoms with Gasteiger partial charge in [-0.2, -0.15) is 0 Å². The number of phosphoric ester groups is 1. The van der Waals surface area contributed by atoms with Gasteiger partial charge in [-0.1, -0.05) is 135 Å². The molecule has 0 radical (unpaired) electrons. The van der Waals surface area contributed by atoms with Gasteiger partial charge in [-0.05, 0) is 96.3 Å². The van der Waals surface area contributed by atoms with Gasteiger partial charge in [-0.25, -0.2) is 4.57 Å². The van der Waals surface area contributed by atoms with Gasteiger partial charge in [0, 0.05) is 12.8 Å². The Hall–Kier alpha value is -4.16. The van der Waals surface area contributed by atoms with Crippen molar-refractivity contribution in [3.63, 3.8) is 0 Å². The first-order valence-electron chi connectivity index (χ1n) is 21.6. The van der Waals surface area contributed by atoms with Crippen LogP contribution in [0.25, 0.3) is 0 Å². The Morgan fingerprint density at radius 1 is 0.574 bits per heavy atom. The Morgan fingerprint density at radius 3 is 1.46 bits per heavy atom. The van der Waals surface area contributed by atoms with Crippen LogP contribution in [0.1, 0.15) is 123 Å². The van der Waals surface area contributed by atoms with E-state index >= 15 is 0 Å². The first-order valence-corrected chi connectivity index (χ1v) is 23.1. The molecule has 0 heterocycles. The van der Waals surface area contributed by atoms with Gasteiger partial charge in [0.25, 0.3) is 0 Å². The van der Waals surface area contributed by atoms with Crippen LogP contribution < -0.4 is 5.73 Å². The third-order valence-corrected chi connectivity index (χ3v) is 9.32. The van der Waals surface area contributed by atoms with Crippen LogP contribution >= 0.6 is 7.82 Å². The Bertz CT molecular complexity index is 1510. The lowest BCUT2D eigenvalue weighted by atomic mass is 10.1. The smallest absolute Gasteiger partial charge is 0.472 e. The largest absolute Gasteiger partial charge is 0.480 e. The minimum absolute atomic E-state index is 0.00940. The van der Waals surface area contributed by atoms with E-state index < -0.39 is 57.7 Å². The molecule has 0 aromatic carbocycles. The molecule has 12 nitrogen and oxygen atoms in total. The summed E-state index contributed by atoms with van der Waals surface area (Å²) in [5.74, 6) is -2.60. The van der Waals surface area contributed by atoms with Crippen molar-refractivity contribution in [2.75, 3.05) is 19.8 Å². The first-order chi connectivity index (χ1) is 29.5. The van der Waals surface area contributed by atoms with E-state index in [0.29, 0.717) is 25.7 Å². The normalized spacial score (nSPS) is 15.4. The number of phosphoric acid groups is 1. The van der Waals surface area contributed by atoms with Gasteiger partial charge in [0.15, 0.2) is 6.10 Å². The number of carboxylic acid groups (broad SMARTS) is 1. The Balaban J connectivity index is 4.62. The van der Waals surface area contributed by atoms with Gasteiger partial charge in [-0.3, -0.25) is 23.4 Å². The number of carboxylic acids is 1. The number of nitrogens with two attached hydrogens (primary N) is 1. The van der Waals surface area contributed by atoms with Crippen molar-refractivity contribution in [3.05, 3.63) is 122 Å². The molecule has 1 unspecified atom stereocenters. The number of unbranched alkanes of at least 4 members (excludes halogenated alkanes) is 1. The predicted molar refractivity (Wildman–Crippen MR) is 245 cm³/mol. The highest BCUT2D eigenvalue weighted by Crippen LogP contribution is 2.43. The second kappa shape index (κ2) is 41.2. The molecule has 0 bridgehead atoms. The topological polar surface area (TPSA) is 192 Å². The molecule has 0 saturated carbocycles. The highest BCUT2D eigenvalue weighted by molar-refractivity contribution is 7.47. The minimum Gasteiger partial charge on any atom is -0.480 e. The maximum Gasteiger partial charge on any atom is 0.472 e. The number of carbonyl (C=O) groups excluding carboxylic acids is 2. The van der Waals surface area contributed by atoms with Crippen molar-refractivity contribution in [1.82, 2.24) is 0 Å². The SMILES string of the molecule is CC/C=C\C/C=C\C/C=C\C/C=C\C/C=C\C/C=C\CCC(=O)O[C@H](COC(=O)CCC/C=C\C/C=C\C/C=C\C/C=C\CC[C@@H](O)CC)COP(=O)(O)OC[C@H](N)C(=O)O. The third-order valence-electron chi connectivity index (χ3n) is 8.37. The fraction of sp³-hybridized carbons (Fsp3) is 0.521. The van der Waals surface area contributed by atoms with E-state index in [0.717, 1.165) is 70.6 Å². The lowest BCUT2D eigenvalue weighted by Gasteiger charge is -2.20. The summed E-state index contributed by atoms with van der Waals surface area (Å²) in [4.78, 5) is 45.9. The molecule has 342 valence electrons. The van der Waals surface area contributed by atoms with E-state index in [2.05, 4.69) is 103 Å². The number of ether oxygens (including phenoxy) is 2. The molecule has 0 saturated heterocycles. The van der Waals surface area contributed by atoms with Crippen LogP contribution in [0, 0.1) is 0 Å². The van der Waals surface area contributed by atoms with E-state index in [9.17, 15) is 28.9 Å². The number of aliphatic hydroxyl groups is 1. The zero-order chi connectivity index (χ0) is 45.1. The maximum absolute atomic E-state index is 12.6. The number of carbonyl (C=O) groups is 3. The summed E-state index contributed by atoms with van der Waals surface area (Å²) in [7, 11) is -4.77. The van der Waals surface area contributed by atoms with Crippen molar-refractivity contribution in [2.24, 2.45) is 5.73 Å². The van der Waals surface area contributed by atoms with Gasteiger partial charge < -0.3 is 30.3 Å². The number of aliphatic carboxylic acids is 1. The number of rotatable bonds is 38. The third kappa shape index (κ3) is 41.0. The summed E-state index contributed by atoms with van der Waals surface area (Å²) < 4.78 is 32.5. The van der Waals surface area contributed by atoms with Crippen LogP contribution in [0.2, 0.25) is 0 Å². The number of hydrogen-bond donors (Lipinski definition) is 4. The van der Waals surface area contributed by atoms with Gasteiger partial charge in [0.1, 0.15) is 12.6 Å². The van der Waals surface area contributed by atoms with E-state index in [4.69, 9.17) is 24.8 Å². The maximum atomic E-state index is 12.6. The van der Waals surface area contributed by atoms with Crippen molar-refractivity contribution in [3.8, 4) is 0 Å². The van der Waals surface area contributed by atoms with Crippen LogP contribution in [-0.2, 0) is 37.5 Å². The fourth-order valence-electron chi connectivity index (χ4n) is 4.83. The summed E-state index contributed by atoms with van der Waals surface area (Å²) in [6.45, 7) is 2.24. The molecule has 4 atom stereocenters. The summed E-state index contributed by atoms with van der Waals surface area (Å²) in [5.41, 5.74) is 5.32. The lowest BCUT2D eigenvalue weighted by Crippen LogP contribution is -2.34. The molecule has 0 spiro atoms. The number of aliphatic hydroxyl groups excluding tert-OH is 1. The fourth-order valence-corrected chi connectivity index (χ4v) is 5.60. The predicted octanol–water partition coefficient (Wildman–Crippen LogP) is 10.6. The average Bonchev–Trinajstić information content (AvgIpc) is 3.24. The molecule has 13 heteroatoms. The van der Waals surface area contributed by atoms with Crippen molar-refractivity contribution in [1.29, 1.82) is 0 Å². The van der Waals surface area contributed by atoms with Gasteiger partial charge >= 0.3 is 25.7 Å². The monoisotopic (exact) mass is 871 g/mol. The van der Waals surface area contributed by atoms with Gasteiger partial charge in [0.2, 0.25) is 0 Å². The molecule has 0 amide bonds. The number of hydrogen-bond acceptors (Lipinski definition) is 10. The number of allylic oxidation sites excluding steroid dienone is 20. The van der Waals surface area contributed by atoms with E-state index in [1.807, 2.05) is 37.3 Å². The van der Waals surface area contributed by atoms with Crippen molar-refractivity contribution >= 4 is 25.7 Å². The number of esters is 2. The highest BCUT2D eigenvalue weighted by atomic mass is 31.2. The van der Waals surface area contributed by atoms with Crippen LogP contribution in [-0.4, -0.2) is 71.1 Å². The zero-order valence-electron chi connectivity index (χ0n) is 36.6. The van der Waals surface area contributed by atoms with E-state index in [1.165, 1.54) is 0 Å². The standard InChI is InChI=1S/C48H74NO11P/c1-3-5-6-7-8-9-10-11-12-13-14-15-16-21-24-27-30-33-36-39-47(52)60-44(41-58-61(55,56)59-42-45(49)48(53)54)40-57-46(51)38-35-32-29-26-23-20-18-17-19-22-25-28-31-34-37-43(50)4-2/h5-6,8-9,11-12,14-15,18-22,24,26,28-31,33,43-45,50H,3-4,7,10,13,16-17,23,25,27,32,34-42,49H2,1-2H3,(H,53,54)(H,55,56)/b6-5-,9-8-,12-11-,15-14-,20-18-,22-19-,24-21-,29-26-,31-28-,33-30-/t43-,44+,45-/m0/s1. The molecule has 0 aliphatic rings. The molecule has 0 rings (SSSR count). The van der Waals surface area contributed by atoms with Crippen LogP contribution in [0.3, 0.4) is 0 Å². The molecular formula is C48H74NO11P. The molecule has 0 aromatic heterocycles. The van der Waals surface area contributed by atoms with Crippen molar-refractivity contribution < 1.29 is 52.6 Å². The molecule has 0 aromatic rings. The average molecular weight is 872 g/mol.